The van der Waals surface area contributed by atoms with Gasteiger partial charge in [-0.05, 0) is 37.3 Å². The van der Waals surface area contributed by atoms with Crippen LogP contribution in [0.2, 0.25) is 0 Å². The molecule has 1 atom stereocenters. The lowest BCUT2D eigenvalue weighted by Crippen LogP contribution is -2.48. The first-order valence-electron chi connectivity index (χ1n) is 10.00. The molecule has 1 saturated heterocycles. The summed E-state index contributed by atoms with van der Waals surface area (Å²) in [5.74, 6) is 1.58. The van der Waals surface area contributed by atoms with E-state index in [0.29, 0.717) is 6.04 Å². The summed E-state index contributed by atoms with van der Waals surface area (Å²) in [6.07, 6.45) is 2.14. The van der Waals surface area contributed by atoms with Gasteiger partial charge in [-0.25, -0.2) is 4.68 Å². The molecule has 3 aromatic rings. The summed E-state index contributed by atoms with van der Waals surface area (Å²) >= 11 is 0. The van der Waals surface area contributed by atoms with Crippen molar-refractivity contribution < 1.29 is 9.47 Å². The maximum absolute atomic E-state index is 5.65. The molecule has 152 valence electrons. The first-order chi connectivity index (χ1) is 14.2. The molecule has 0 bridgehead atoms. The van der Waals surface area contributed by atoms with Gasteiger partial charge in [0.2, 0.25) is 0 Å². The van der Waals surface area contributed by atoms with Gasteiger partial charge in [0.15, 0.2) is 0 Å². The minimum atomic E-state index is 0.489. The SMILES string of the molecule is COc1ccc(OC)c(-c2nn(-c3ccccc3)cc2CN2CCN[C@H](C)C2)c1. The molecule has 1 N–H and O–H groups in total. The molecule has 0 radical (unpaired) electrons. The fraction of sp³-hybridized carbons (Fsp3) is 0.348. The monoisotopic (exact) mass is 392 g/mol. The summed E-state index contributed by atoms with van der Waals surface area (Å²) in [5, 5.41) is 8.47. The molecule has 1 aliphatic rings. The smallest absolute Gasteiger partial charge is 0.128 e. The van der Waals surface area contributed by atoms with Crippen molar-refractivity contribution >= 4 is 0 Å². The maximum Gasteiger partial charge on any atom is 0.128 e. The summed E-state index contributed by atoms with van der Waals surface area (Å²) in [6, 6.07) is 16.5. The Kier molecular flexibility index (Phi) is 5.83. The molecule has 6 heteroatoms. The normalized spacial score (nSPS) is 17.3. The topological polar surface area (TPSA) is 51.6 Å². The predicted octanol–water partition coefficient (Wildman–Crippen LogP) is 3.35. The molecule has 1 aromatic heterocycles. The van der Waals surface area contributed by atoms with Crippen LogP contribution in [-0.4, -0.2) is 54.6 Å². The van der Waals surface area contributed by atoms with Gasteiger partial charge in [-0.15, -0.1) is 0 Å². The minimum absolute atomic E-state index is 0.489. The Balaban J connectivity index is 1.78. The minimum Gasteiger partial charge on any atom is -0.497 e. The first-order valence-corrected chi connectivity index (χ1v) is 10.00. The van der Waals surface area contributed by atoms with Gasteiger partial charge in [0.25, 0.3) is 0 Å². The molecule has 0 aliphatic carbocycles. The predicted molar refractivity (Wildman–Crippen MR) is 115 cm³/mol. The van der Waals surface area contributed by atoms with E-state index in [1.54, 1.807) is 14.2 Å². The van der Waals surface area contributed by atoms with Crippen molar-refractivity contribution in [2.45, 2.75) is 19.5 Å². The molecule has 6 nitrogen and oxygen atoms in total. The summed E-state index contributed by atoms with van der Waals surface area (Å²) < 4.78 is 13.1. The van der Waals surface area contributed by atoms with E-state index < -0.39 is 0 Å². The van der Waals surface area contributed by atoms with Crippen molar-refractivity contribution in [3.05, 3.63) is 60.3 Å². The third kappa shape index (κ3) is 4.28. The van der Waals surface area contributed by atoms with Gasteiger partial charge in [0, 0.05) is 49.5 Å². The molecular formula is C23H28N4O2. The van der Waals surface area contributed by atoms with Gasteiger partial charge in [-0.1, -0.05) is 18.2 Å². The van der Waals surface area contributed by atoms with Crippen LogP contribution in [0.15, 0.2) is 54.7 Å². The van der Waals surface area contributed by atoms with Crippen LogP contribution in [0.3, 0.4) is 0 Å². The highest BCUT2D eigenvalue weighted by molar-refractivity contribution is 5.72. The van der Waals surface area contributed by atoms with Gasteiger partial charge in [0.05, 0.1) is 19.9 Å². The first kappa shape index (κ1) is 19.5. The number of methoxy groups -OCH3 is 2. The third-order valence-corrected chi connectivity index (χ3v) is 5.32. The number of para-hydroxylation sites is 1. The molecule has 0 spiro atoms. The molecule has 0 saturated carbocycles. The number of ether oxygens (including phenoxy) is 2. The van der Waals surface area contributed by atoms with Gasteiger partial charge in [-0.2, -0.15) is 5.10 Å². The highest BCUT2D eigenvalue weighted by Gasteiger charge is 2.21. The van der Waals surface area contributed by atoms with Crippen LogP contribution < -0.4 is 14.8 Å². The van der Waals surface area contributed by atoms with E-state index in [1.807, 2.05) is 41.1 Å². The van der Waals surface area contributed by atoms with Crippen molar-refractivity contribution in [2.75, 3.05) is 33.9 Å². The third-order valence-electron chi connectivity index (χ3n) is 5.32. The lowest BCUT2D eigenvalue weighted by Gasteiger charge is -2.31. The Morgan fingerprint density at radius 2 is 1.93 bits per heavy atom. The van der Waals surface area contributed by atoms with Gasteiger partial charge < -0.3 is 14.8 Å². The van der Waals surface area contributed by atoms with E-state index in [9.17, 15) is 0 Å². The fourth-order valence-corrected chi connectivity index (χ4v) is 3.86. The van der Waals surface area contributed by atoms with Crippen molar-refractivity contribution in [3.8, 4) is 28.4 Å². The van der Waals surface area contributed by atoms with Crippen molar-refractivity contribution in [1.29, 1.82) is 0 Å². The zero-order valence-corrected chi connectivity index (χ0v) is 17.3. The Morgan fingerprint density at radius 1 is 1.10 bits per heavy atom. The van der Waals surface area contributed by atoms with Crippen molar-refractivity contribution in [1.82, 2.24) is 20.0 Å². The second-order valence-corrected chi connectivity index (χ2v) is 7.44. The highest BCUT2D eigenvalue weighted by Crippen LogP contribution is 2.35. The van der Waals surface area contributed by atoms with Crippen LogP contribution in [0, 0.1) is 0 Å². The maximum atomic E-state index is 5.65. The lowest BCUT2D eigenvalue weighted by molar-refractivity contribution is 0.200. The zero-order chi connectivity index (χ0) is 20.2. The van der Waals surface area contributed by atoms with Crippen LogP contribution in [0.5, 0.6) is 11.5 Å². The molecule has 4 rings (SSSR count). The van der Waals surface area contributed by atoms with Crippen LogP contribution in [0.25, 0.3) is 16.9 Å². The largest absolute Gasteiger partial charge is 0.497 e. The fourth-order valence-electron chi connectivity index (χ4n) is 3.86. The van der Waals surface area contributed by atoms with E-state index in [0.717, 1.165) is 54.6 Å². The molecular weight excluding hydrogens is 364 g/mol. The van der Waals surface area contributed by atoms with E-state index >= 15 is 0 Å². The summed E-state index contributed by atoms with van der Waals surface area (Å²) in [5.41, 5.74) is 4.08. The molecule has 2 heterocycles. The van der Waals surface area contributed by atoms with Crippen LogP contribution in [0.4, 0.5) is 0 Å². The molecule has 29 heavy (non-hydrogen) atoms. The highest BCUT2D eigenvalue weighted by atomic mass is 16.5. The zero-order valence-electron chi connectivity index (χ0n) is 17.3. The Hall–Kier alpha value is -2.83. The van der Waals surface area contributed by atoms with Crippen LogP contribution in [0.1, 0.15) is 12.5 Å². The van der Waals surface area contributed by atoms with Crippen molar-refractivity contribution in [3.63, 3.8) is 0 Å². The number of benzene rings is 2. The van der Waals surface area contributed by atoms with Crippen molar-refractivity contribution in [2.24, 2.45) is 0 Å². The van der Waals surface area contributed by atoms with Crippen LogP contribution >= 0.6 is 0 Å². The number of rotatable bonds is 6. The molecule has 1 fully saturated rings. The Bertz CT molecular complexity index is 955. The number of aromatic nitrogens is 2. The van der Waals surface area contributed by atoms with E-state index in [4.69, 9.17) is 14.6 Å². The quantitative estimate of drug-likeness (QED) is 0.697. The van der Waals surface area contributed by atoms with Gasteiger partial charge >= 0.3 is 0 Å². The Morgan fingerprint density at radius 3 is 2.66 bits per heavy atom. The van der Waals surface area contributed by atoms with Gasteiger partial charge in [0.1, 0.15) is 17.2 Å². The number of nitrogens with zero attached hydrogens (tertiary/aromatic N) is 3. The standard InChI is InChI=1S/C23H28N4O2/c1-17-14-26(12-11-24-17)15-18-16-27(19-7-5-4-6-8-19)25-23(18)21-13-20(28-2)9-10-22(21)29-3/h4-10,13,16-17,24H,11-12,14-15H2,1-3H3/t17-/m1/s1. The second-order valence-electron chi connectivity index (χ2n) is 7.44. The summed E-state index contributed by atoms with van der Waals surface area (Å²) in [7, 11) is 3.37. The van der Waals surface area contributed by atoms with Gasteiger partial charge in [-0.3, -0.25) is 4.90 Å². The lowest BCUT2D eigenvalue weighted by atomic mass is 10.1. The second kappa shape index (κ2) is 8.68. The van der Waals surface area contributed by atoms with E-state index in [-0.39, 0.29) is 0 Å². The number of hydrogen-bond acceptors (Lipinski definition) is 5. The molecule has 2 aromatic carbocycles. The number of piperazine rings is 1. The molecule has 0 amide bonds. The molecule has 0 unspecified atom stereocenters. The Labute approximate surface area is 172 Å². The van der Waals surface area contributed by atoms with E-state index in [1.165, 1.54) is 5.56 Å². The average molecular weight is 393 g/mol. The number of nitrogens with one attached hydrogen (secondary N) is 1. The van der Waals surface area contributed by atoms with Crippen LogP contribution in [-0.2, 0) is 6.54 Å². The average Bonchev–Trinajstić information content (AvgIpc) is 3.17. The summed E-state index contributed by atoms with van der Waals surface area (Å²) in [4.78, 5) is 2.48. The molecule has 1 aliphatic heterocycles. The summed E-state index contributed by atoms with van der Waals surface area (Å²) in [6.45, 7) is 6.12. The van der Waals surface area contributed by atoms with E-state index in [2.05, 4.69) is 35.5 Å². The number of hydrogen-bond donors (Lipinski definition) is 1.